The summed E-state index contributed by atoms with van der Waals surface area (Å²) in [7, 11) is 0. The van der Waals surface area contributed by atoms with E-state index in [1.807, 2.05) is 24.3 Å². The maximum Gasteiger partial charge on any atom is 0.159 e. The van der Waals surface area contributed by atoms with Crippen LogP contribution < -0.4 is 10.6 Å². The molecule has 6 nitrogen and oxygen atoms in total. The maximum atomic E-state index is 7.07. The van der Waals surface area contributed by atoms with E-state index in [0.717, 1.165) is 94.3 Å². The first-order valence-corrected chi connectivity index (χ1v) is 19.4. The van der Waals surface area contributed by atoms with Crippen molar-refractivity contribution >= 4 is 71.5 Å². The molecule has 0 saturated heterocycles. The van der Waals surface area contributed by atoms with E-state index in [4.69, 9.17) is 13.8 Å². The van der Waals surface area contributed by atoms with Crippen molar-refractivity contribution < 1.29 is 8.83 Å². The van der Waals surface area contributed by atoms with E-state index in [-0.39, 0.29) is 12.3 Å². The smallest absolute Gasteiger partial charge is 0.159 e. The summed E-state index contributed by atoms with van der Waals surface area (Å²) >= 11 is 0. The average Bonchev–Trinajstić information content (AvgIpc) is 3.96. The topological polar surface area (TPSA) is 67.6 Å². The Hall–Kier alpha value is -7.41. The van der Waals surface area contributed by atoms with Crippen LogP contribution in [-0.4, -0.2) is 10.4 Å². The van der Waals surface area contributed by atoms with E-state index in [9.17, 15) is 0 Å². The summed E-state index contributed by atoms with van der Waals surface area (Å²) in [5, 5.41) is 14.1. The van der Waals surface area contributed by atoms with Crippen LogP contribution in [0.25, 0.3) is 82.5 Å². The summed E-state index contributed by atoms with van der Waals surface area (Å²) in [5.41, 5.74) is 12.0. The molecule has 2 N–H and O–H groups in total. The maximum absolute atomic E-state index is 7.07. The number of aliphatic imine (C=N–C) groups is 1. The molecule has 270 valence electrons. The third-order valence-electron chi connectivity index (χ3n) is 11.5. The van der Waals surface area contributed by atoms with Crippen molar-refractivity contribution in [2.75, 3.05) is 0 Å². The molecule has 57 heavy (non-hydrogen) atoms. The number of amidine groups is 1. The number of nitrogens with zero attached hydrogens (tertiary/aromatic N) is 2. The highest BCUT2D eigenvalue weighted by atomic mass is 16.3. The minimum absolute atomic E-state index is 0.130. The Labute approximate surface area is 327 Å². The van der Waals surface area contributed by atoms with Crippen molar-refractivity contribution in [2.24, 2.45) is 4.99 Å². The molecule has 3 aromatic heterocycles. The first-order chi connectivity index (χ1) is 28.3. The van der Waals surface area contributed by atoms with Crippen LogP contribution >= 0.6 is 0 Å². The van der Waals surface area contributed by atoms with Crippen LogP contribution in [-0.2, 0) is 0 Å². The SMILES string of the molecule is c1ccc(C2=NC(c3ccc4oc5cccc(-c6cccc7c6oc6c(-n8c9ccccc9c9ccccc98)cccc67)c5c4c3)NC(c3ccccc3)N2)cc1. The lowest BCUT2D eigenvalue weighted by Gasteiger charge is -2.32. The Kier molecular flexibility index (Phi) is 7.03. The molecule has 0 aliphatic carbocycles. The van der Waals surface area contributed by atoms with Gasteiger partial charge in [-0.1, -0.05) is 146 Å². The molecule has 6 heteroatoms. The minimum atomic E-state index is -0.300. The van der Waals surface area contributed by atoms with Crippen LogP contribution in [0.1, 0.15) is 29.0 Å². The fraction of sp³-hybridized carbons (Fsp3) is 0.0392. The first kappa shape index (κ1) is 31.9. The van der Waals surface area contributed by atoms with Gasteiger partial charge in [-0.3, -0.25) is 5.32 Å². The number of para-hydroxylation sites is 4. The van der Waals surface area contributed by atoms with E-state index in [0.29, 0.717) is 0 Å². The average molecular weight is 735 g/mol. The molecule has 0 saturated carbocycles. The summed E-state index contributed by atoms with van der Waals surface area (Å²) in [6.07, 6.45) is -0.430. The second-order valence-electron chi connectivity index (χ2n) is 14.7. The van der Waals surface area contributed by atoms with Crippen LogP contribution in [0.5, 0.6) is 0 Å². The zero-order valence-electron chi connectivity index (χ0n) is 30.7. The molecule has 1 aliphatic rings. The summed E-state index contributed by atoms with van der Waals surface area (Å²) in [5.74, 6) is 0.850. The van der Waals surface area contributed by atoms with Crippen molar-refractivity contribution in [1.82, 2.24) is 15.2 Å². The van der Waals surface area contributed by atoms with Gasteiger partial charge in [0.25, 0.3) is 0 Å². The van der Waals surface area contributed by atoms with E-state index < -0.39 is 0 Å². The van der Waals surface area contributed by atoms with Crippen molar-refractivity contribution in [3.05, 3.63) is 199 Å². The normalized spacial score (nSPS) is 15.9. The highest BCUT2D eigenvalue weighted by molar-refractivity contribution is 6.18. The highest BCUT2D eigenvalue weighted by Crippen LogP contribution is 2.44. The van der Waals surface area contributed by atoms with Gasteiger partial charge in [0.15, 0.2) is 5.58 Å². The van der Waals surface area contributed by atoms with E-state index in [1.165, 1.54) is 10.8 Å². The predicted octanol–water partition coefficient (Wildman–Crippen LogP) is 12.6. The monoisotopic (exact) mass is 734 g/mol. The summed E-state index contributed by atoms with van der Waals surface area (Å²) < 4.78 is 16.0. The first-order valence-electron chi connectivity index (χ1n) is 19.4. The number of aromatic nitrogens is 1. The molecular weight excluding hydrogens is 701 g/mol. The lowest BCUT2D eigenvalue weighted by Crippen LogP contribution is -2.44. The van der Waals surface area contributed by atoms with Gasteiger partial charge in [0, 0.05) is 43.4 Å². The Morgan fingerprint density at radius 1 is 0.474 bits per heavy atom. The van der Waals surface area contributed by atoms with Crippen LogP contribution in [0.3, 0.4) is 0 Å². The molecule has 0 radical (unpaired) electrons. The molecule has 0 amide bonds. The molecule has 0 spiro atoms. The standard InChI is InChI=1S/C51H34N4O2/c1-3-14-31(15-4-1)49-52-50(32-16-5-2-6-17-32)54-51(53-49)33-28-29-44-40(30-33)46-36(20-13-27-45(46)56-44)37-21-11-22-38-39-23-12-26-43(48(39)57-47(37)38)55-41-24-9-7-18-34(41)35-19-8-10-25-42(35)55/h1-30,49,51,53H,(H,52,54). The van der Waals surface area contributed by atoms with Gasteiger partial charge in [0.1, 0.15) is 34.9 Å². The van der Waals surface area contributed by atoms with Crippen LogP contribution in [0.15, 0.2) is 196 Å². The molecule has 2 unspecified atom stereocenters. The molecule has 2 atom stereocenters. The largest absolute Gasteiger partial charge is 0.456 e. The zero-order chi connectivity index (χ0) is 37.5. The summed E-state index contributed by atoms with van der Waals surface area (Å²) in [4.78, 5) is 5.23. The Balaban J connectivity index is 1.03. The third kappa shape index (κ3) is 4.98. The zero-order valence-corrected chi connectivity index (χ0v) is 30.7. The molecule has 4 heterocycles. The van der Waals surface area contributed by atoms with Gasteiger partial charge < -0.3 is 18.7 Å². The highest BCUT2D eigenvalue weighted by Gasteiger charge is 2.27. The van der Waals surface area contributed by atoms with Crippen LogP contribution in [0, 0.1) is 0 Å². The quantitative estimate of drug-likeness (QED) is 0.185. The number of hydrogen-bond donors (Lipinski definition) is 2. The number of furan rings is 2. The number of hydrogen-bond acceptors (Lipinski definition) is 5. The fourth-order valence-electron chi connectivity index (χ4n) is 8.90. The van der Waals surface area contributed by atoms with Gasteiger partial charge in [-0.15, -0.1) is 0 Å². The molecule has 8 aromatic carbocycles. The Morgan fingerprint density at radius 3 is 1.91 bits per heavy atom. The van der Waals surface area contributed by atoms with E-state index in [1.54, 1.807) is 0 Å². The molecule has 0 fully saturated rings. The van der Waals surface area contributed by atoms with Crippen molar-refractivity contribution in [3.63, 3.8) is 0 Å². The van der Waals surface area contributed by atoms with Gasteiger partial charge in [0.2, 0.25) is 0 Å². The van der Waals surface area contributed by atoms with Crippen LogP contribution in [0.2, 0.25) is 0 Å². The van der Waals surface area contributed by atoms with Crippen LogP contribution in [0.4, 0.5) is 0 Å². The lowest BCUT2D eigenvalue weighted by molar-refractivity contribution is 0.409. The Morgan fingerprint density at radius 2 is 1.12 bits per heavy atom. The van der Waals surface area contributed by atoms with Gasteiger partial charge >= 0.3 is 0 Å². The predicted molar refractivity (Wildman–Crippen MR) is 232 cm³/mol. The van der Waals surface area contributed by atoms with Gasteiger partial charge in [0.05, 0.1) is 16.7 Å². The number of fused-ring (bicyclic) bond motifs is 9. The molecule has 1 aliphatic heterocycles. The minimum Gasteiger partial charge on any atom is -0.456 e. The summed E-state index contributed by atoms with van der Waals surface area (Å²) in [6.45, 7) is 0. The van der Waals surface area contributed by atoms with Crippen molar-refractivity contribution in [3.8, 4) is 16.8 Å². The fourth-order valence-corrected chi connectivity index (χ4v) is 8.90. The van der Waals surface area contributed by atoms with Gasteiger partial charge in [-0.2, -0.15) is 0 Å². The van der Waals surface area contributed by atoms with Gasteiger partial charge in [-0.25, -0.2) is 4.99 Å². The van der Waals surface area contributed by atoms with Crippen molar-refractivity contribution in [2.45, 2.75) is 12.3 Å². The Bertz CT molecular complexity index is 3320. The lowest BCUT2D eigenvalue weighted by atomic mass is 9.96. The van der Waals surface area contributed by atoms with E-state index in [2.05, 4.69) is 173 Å². The van der Waals surface area contributed by atoms with Crippen molar-refractivity contribution in [1.29, 1.82) is 0 Å². The molecule has 11 aromatic rings. The number of nitrogens with one attached hydrogen (secondary N) is 2. The second kappa shape index (κ2) is 12.6. The van der Waals surface area contributed by atoms with Gasteiger partial charge in [-0.05, 0) is 53.1 Å². The second-order valence-corrected chi connectivity index (χ2v) is 14.7. The number of benzene rings is 8. The summed E-state index contributed by atoms with van der Waals surface area (Å²) in [6, 6.07) is 63.7. The third-order valence-corrected chi connectivity index (χ3v) is 11.5. The van der Waals surface area contributed by atoms with E-state index >= 15 is 0 Å². The number of rotatable bonds is 5. The molecule has 0 bridgehead atoms. The molecular formula is C51H34N4O2. The molecule has 12 rings (SSSR count).